The van der Waals surface area contributed by atoms with E-state index < -0.39 is 0 Å². The summed E-state index contributed by atoms with van der Waals surface area (Å²) in [5, 5.41) is 2.62. The number of fused-ring (bicyclic) bond motifs is 9. The van der Waals surface area contributed by atoms with Crippen LogP contribution >= 0.6 is 11.3 Å². The van der Waals surface area contributed by atoms with Crippen LogP contribution in [0.3, 0.4) is 0 Å². The zero-order chi connectivity index (χ0) is 37.8. The Labute approximate surface area is 333 Å². The number of anilines is 3. The van der Waals surface area contributed by atoms with Gasteiger partial charge < -0.3 is 4.90 Å². The molecule has 1 heterocycles. The lowest BCUT2D eigenvalue weighted by molar-refractivity contribution is 0.660. The second-order valence-electron chi connectivity index (χ2n) is 16.4. The normalized spacial score (nSPS) is 14.4. The Morgan fingerprint density at radius 1 is 0.375 bits per heavy atom. The summed E-state index contributed by atoms with van der Waals surface area (Å²) in [6.07, 6.45) is 0. The van der Waals surface area contributed by atoms with Crippen molar-refractivity contribution in [1.29, 1.82) is 0 Å². The summed E-state index contributed by atoms with van der Waals surface area (Å²) < 4.78 is 2.64. The predicted octanol–water partition coefficient (Wildman–Crippen LogP) is 15.5. The van der Waals surface area contributed by atoms with Crippen molar-refractivity contribution in [1.82, 2.24) is 0 Å². The lowest BCUT2D eigenvalue weighted by Gasteiger charge is -2.34. The summed E-state index contributed by atoms with van der Waals surface area (Å²) >= 11 is 1.87. The van der Waals surface area contributed by atoms with Crippen molar-refractivity contribution in [3.63, 3.8) is 0 Å². The molecule has 0 spiro atoms. The Morgan fingerprint density at radius 2 is 0.911 bits per heavy atom. The summed E-state index contributed by atoms with van der Waals surface area (Å²) in [4.78, 5) is 2.58. The van der Waals surface area contributed by atoms with E-state index in [-0.39, 0.29) is 10.8 Å². The van der Waals surface area contributed by atoms with Crippen molar-refractivity contribution in [2.75, 3.05) is 4.90 Å². The zero-order valence-electron chi connectivity index (χ0n) is 32.1. The number of benzene rings is 8. The molecule has 0 unspecified atom stereocenters. The topological polar surface area (TPSA) is 3.24 Å². The van der Waals surface area contributed by atoms with Crippen LogP contribution in [-0.4, -0.2) is 0 Å². The van der Waals surface area contributed by atoms with E-state index in [0.29, 0.717) is 0 Å². The van der Waals surface area contributed by atoms with Crippen LogP contribution < -0.4 is 4.90 Å². The number of para-hydroxylation sites is 2. The monoisotopic (exact) mass is 735 g/mol. The third-order valence-corrected chi connectivity index (χ3v) is 13.8. The van der Waals surface area contributed by atoms with Gasteiger partial charge in [-0.25, -0.2) is 0 Å². The molecule has 11 rings (SSSR count). The van der Waals surface area contributed by atoms with Crippen LogP contribution in [0.25, 0.3) is 64.7 Å². The Kier molecular flexibility index (Phi) is 7.18. The first-order valence-electron chi connectivity index (χ1n) is 19.7. The standard InChI is InChI=1S/C54H41NS/c1-53(2)44-25-11-6-21-41(44)51-39(22-15-26-45(51)53)37-19-8-13-28-47(37)55(48-29-16-23-40-36-18-5-10-24-43(36)54(3,4)52(40)48)46-27-12-7-17-35(46)34-31-32-50-42(33-34)38-20-9-14-30-49(38)56-50/h5-33H,1-4H3. The van der Waals surface area contributed by atoms with Crippen molar-refractivity contribution in [2.45, 2.75) is 38.5 Å². The van der Waals surface area contributed by atoms with Crippen molar-refractivity contribution in [2.24, 2.45) is 0 Å². The van der Waals surface area contributed by atoms with Crippen LogP contribution in [0, 0.1) is 0 Å². The molecule has 0 radical (unpaired) electrons. The molecule has 0 aliphatic heterocycles. The van der Waals surface area contributed by atoms with Crippen LogP contribution in [-0.2, 0) is 10.8 Å². The van der Waals surface area contributed by atoms with Gasteiger partial charge in [-0.3, -0.25) is 0 Å². The van der Waals surface area contributed by atoms with Gasteiger partial charge >= 0.3 is 0 Å². The van der Waals surface area contributed by atoms with Crippen LogP contribution in [0.2, 0.25) is 0 Å². The van der Waals surface area contributed by atoms with Crippen molar-refractivity contribution in [3.05, 3.63) is 198 Å². The first-order chi connectivity index (χ1) is 27.3. The molecule has 0 atom stereocenters. The van der Waals surface area contributed by atoms with Crippen LogP contribution in [0.5, 0.6) is 0 Å². The molecule has 2 aliphatic rings. The Morgan fingerprint density at radius 3 is 1.71 bits per heavy atom. The molecule has 1 aromatic heterocycles. The smallest absolute Gasteiger partial charge is 0.0540 e. The van der Waals surface area contributed by atoms with Crippen molar-refractivity contribution in [3.8, 4) is 44.5 Å². The average Bonchev–Trinajstić information content (AvgIpc) is 3.81. The molecule has 2 aliphatic carbocycles. The van der Waals surface area contributed by atoms with Gasteiger partial charge in [0.15, 0.2) is 0 Å². The van der Waals surface area contributed by atoms with Gasteiger partial charge in [0, 0.05) is 42.1 Å². The Bertz CT molecular complexity index is 3050. The summed E-state index contributed by atoms with van der Waals surface area (Å²) in [7, 11) is 0. The fourth-order valence-corrected chi connectivity index (χ4v) is 11.2. The van der Waals surface area contributed by atoms with Crippen LogP contribution in [0.15, 0.2) is 176 Å². The van der Waals surface area contributed by atoms with Crippen molar-refractivity contribution < 1.29 is 0 Å². The highest BCUT2D eigenvalue weighted by molar-refractivity contribution is 7.25. The maximum atomic E-state index is 2.58. The molecule has 0 saturated carbocycles. The number of rotatable bonds is 5. The number of hydrogen-bond acceptors (Lipinski definition) is 2. The highest BCUT2D eigenvalue weighted by Gasteiger charge is 2.40. The molecule has 268 valence electrons. The van der Waals surface area contributed by atoms with E-state index in [4.69, 9.17) is 0 Å². The summed E-state index contributed by atoms with van der Waals surface area (Å²) in [6.45, 7) is 9.54. The zero-order valence-corrected chi connectivity index (χ0v) is 32.9. The van der Waals surface area contributed by atoms with E-state index in [1.807, 2.05) is 11.3 Å². The highest BCUT2D eigenvalue weighted by Crippen LogP contribution is 2.58. The molecular weight excluding hydrogens is 695 g/mol. The van der Waals surface area contributed by atoms with Gasteiger partial charge in [0.2, 0.25) is 0 Å². The van der Waals surface area contributed by atoms with Gasteiger partial charge in [-0.1, -0.05) is 167 Å². The number of thiophene rings is 1. The number of hydrogen-bond donors (Lipinski definition) is 0. The van der Waals surface area contributed by atoms with E-state index in [1.165, 1.54) is 92.6 Å². The summed E-state index contributed by atoms with van der Waals surface area (Å²) in [6, 6.07) is 65.8. The average molecular weight is 736 g/mol. The van der Waals surface area contributed by atoms with Gasteiger partial charge in [-0.15, -0.1) is 11.3 Å². The Hall–Kier alpha value is -6.22. The molecule has 9 aromatic rings. The minimum absolute atomic E-state index is 0.0936. The Balaban J connectivity index is 1.21. The predicted molar refractivity (Wildman–Crippen MR) is 240 cm³/mol. The minimum Gasteiger partial charge on any atom is -0.309 e. The van der Waals surface area contributed by atoms with E-state index in [9.17, 15) is 0 Å². The second-order valence-corrected chi connectivity index (χ2v) is 17.5. The summed E-state index contributed by atoms with van der Waals surface area (Å²) in [5.74, 6) is 0. The van der Waals surface area contributed by atoms with Gasteiger partial charge in [-0.2, -0.15) is 0 Å². The first kappa shape index (κ1) is 33.1. The third kappa shape index (κ3) is 4.66. The van der Waals surface area contributed by atoms with Crippen LogP contribution in [0.4, 0.5) is 17.1 Å². The third-order valence-electron chi connectivity index (χ3n) is 12.7. The molecule has 0 fully saturated rings. The molecule has 1 nitrogen and oxygen atoms in total. The minimum atomic E-state index is -0.212. The quantitative estimate of drug-likeness (QED) is 0.170. The molecule has 0 saturated heterocycles. The lowest BCUT2D eigenvalue weighted by Crippen LogP contribution is -2.21. The van der Waals surface area contributed by atoms with Crippen molar-refractivity contribution >= 4 is 48.6 Å². The van der Waals surface area contributed by atoms with Gasteiger partial charge in [0.1, 0.15) is 0 Å². The molecule has 56 heavy (non-hydrogen) atoms. The first-order valence-corrected chi connectivity index (χ1v) is 20.5. The van der Waals surface area contributed by atoms with E-state index in [1.54, 1.807) is 0 Å². The van der Waals surface area contributed by atoms with Crippen LogP contribution in [0.1, 0.15) is 49.9 Å². The SMILES string of the molecule is CC1(C)c2ccccc2-c2c(-c3ccccc3N(c3ccccc3-c3ccc4sc5ccccc5c4c3)c3cccc4c3C(C)(C)c3ccccc3-4)cccc21. The molecule has 0 amide bonds. The lowest BCUT2D eigenvalue weighted by atomic mass is 9.81. The second kappa shape index (κ2) is 12.1. The molecule has 2 heteroatoms. The molecule has 0 N–H and O–H groups in total. The fraction of sp³-hybridized carbons (Fsp3) is 0.111. The fourth-order valence-electron chi connectivity index (χ4n) is 10.1. The molecule has 0 bridgehead atoms. The molecule has 8 aromatic carbocycles. The van der Waals surface area contributed by atoms with E-state index in [2.05, 4.69) is 209 Å². The van der Waals surface area contributed by atoms with Gasteiger partial charge in [0.05, 0.1) is 17.1 Å². The highest BCUT2D eigenvalue weighted by atomic mass is 32.1. The maximum Gasteiger partial charge on any atom is 0.0540 e. The summed E-state index contributed by atoms with van der Waals surface area (Å²) in [5.41, 5.74) is 18.9. The van der Waals surface area contributed by atoms with Gasteiger partial charge in [0.25, 0.3) is 0 Å². The molecular formula is C54H41NS. The largest absolute Gasteiger partial charge is 0.309 e. The number of nitrogens with zero attached hydrogens (tertiary/aromatic N) is 1. The van der Waals surface area contributed by atoms with E-state index >= 15 is 0 Å². The van der Waals surface area contributed by atoms with E-state index in [0.717, 1.165) is 11.4 Å². The maximum absolute atomic E-state index is 2.58. The van der Waals surface area contributed by atoms with Gasteiger partial charge in [-0.05, 0) is 92.0 Å².